The second-order valence-electron chi connectivity index (χ2n) is 6.42. The molecule has 24 heavy (non-hydrogen) atoms. The van der Waals surface area contributed by atoms with E-state index >= 15 is 0 Å². The molecule has 0 unspecified atom stereocenters. The van der Waals surface area contributed by atoms with Crippen molar-refractivity contribution in [1.82, 2.24) is 14.5 Å². The van der Waals surface area contributed by atoms with E-state index in [1.165, 1.54) is 0 Å². The summed E-state index contributed by atoms with van der Waals surface area (Å²) in [4.78, 5) is 19.2. The van der Waals surface area contributed by atoms with Gasteiger partial charge in [-0.2, -0.15) is 0 Å². The number of benzene rings is 1. The van der Waals surface area contributed by atoms with Crippen LogP contribution < -0.4 is 4.74 Å². The second kappa shape index (κ2) is 7.07. The van der Waals surface area contributed by atoms with E-state index in [-0.39, 0.29) is 11.9 Å². The molecule has 1 aliphatic heterocycles. The summed E-state index contributed by atoms with van der Waals surface area (Å²) in [6.45, 7) is 5.14. The summed E-state index contributed by atoms with van der Waals surface area (Å²) in [5, 5.41) is 0. The van der Waals surface area contributed by atoms with Crippen LogP contribution in [0.2, 0.25) is 0 Å². The first-order valence-electron chi connectivity index (χ1n) is 8.52. The van der Waals surface area contributed by atoms with Crippen molar-refractivity contribution in [3.8, 4) is 5.75 Å². The molecular formula is C19H25N3O2. The lowest BCUT2D eigenvalue weighted by Gasteiger charge is -2.36. The average molecular weight is 327 g/mol. The van der Waals surface area contributed by atoms with Crippen molar-refractivity contribution in [2.45, 2.75) is 45.7 Å². The zero-order valence-electron chi connectivity index (χ0n) is 14.7. The summed E-state index contributed by atoms with van der Waals surface area (Å²) in [7, 11) is 1.67. The van der Waals surface area contributed by atoms with Gasteiger partial charge in [0.2, 0.25) is 5.91 Å². The lowest BCUT2D eigenvalue weighted by molar-refractivity contribution is -0.135. The fourth-order valence-corrected chi connectivity index (χ4v) is 3.37. The molecule has 1 atom stereocenters. The van der Waals surface area contributed by atoms with Crippen molar-refractivity contribution >= 4 is 5.91 Å². The highest BCUT2D eigenvalue weighted by Crippen LogP contribution is 2.32. The predicted molar refractivity (Wildman–Crippen MR) is 93.0 cm³/mol. The van der Waals surface area contributed by atoms with E-state index in [9.17, 15) is 4.79 Å². The summed E-state index contributed by atoms with van der Waals surface area (Å²) >= 11 is 0. The molecule has 2 aromatic rings. The Balaban J connectivity index is 1.81. The molecule has 1 amide bonds. The first kappa shape index (κ1) is 16.6. The Morgan fingerprint density at radius 3 is 2.88 bits per heavy atom. The molecule has 1 saturated heterocycles. The number of methoxy groups -OCH3 is 1. The third kappa shape index (κ3) is 3.30. The second-order valence-corrected chi connectivity index (χ2v) is 6.42. The van der Waals surface area contributed by atoms with Crippen molar-refractivity contribution in [3.05, 3.63) is 47.5 Å². The number of amides is 1. The fraction of sp³-hybridized carbons (Fsp3) is 0.474. The number of hydrogen-bond donors (Lipinski definition) is 0. The Bertz CT molecular complexity index is 723. The molecule has 3 rings (SSSR count). The molecule has 0 spiro atoms. The van der Waals surface area contributed by atoms with Gasteiger partial charge >= 0.3 is 0 Å². The van der Waals surface area contributed by atoms with Crippen LogP contribution in [0.3, 0.4) is 0 Å². The number of carbonyl (C=O) groups excluding carboxylic acids is 1. The molecule has 128 valence electrons. The SMILES string of the molecule is COc1cccc([C@H]2CCCCN2C(=O)Cn2cnc(C)c2C)c1. The standard InChI is InChI=1S/C19H25N3O2/c1-14-15(2)21(13-20-14)12-19(23)22-10-5-4-9-18(22)16-7-6-8-17(11-16)24-3/h6-8,11,13,18H,4-5,9-10,12H2,1-3H3/t18-/m1/s1. The van der Waals surface area contributed by atoms with Crippen LogP contribution >= 0.6 is 0 Å². The van der Waals surface area contributed by atoms with E-state index in [1.54, 1.807) is 13.4 Å². The maximum absolute atomic E-state index is 12.9. The number of rotatable bonds is 4. The molecular weight excluding hydrogens is 302 g/mol. The van der Waals surface area contributed by atoms with Gasteiger partial charge in [0.25, 0.3) is 0 Å². The minimum atomic E-state index is 0.131. The Hall–Kier alpha value is -2.30. The Kier molecular flexibility index (Phi) is 4.88. The van der Waals surface area contributed by atoms with Crippen molar-refractivity contribution in [2.24, 2.45) is 0 Å². The van der Waals surface area contributed by atoms with E-state index in [4.69, 9.17) is 4.74 Å². The highest BCUT2D eigenvalue weighted by molar-refractivity contribution is 5.76. The first-order valence-corrected chi connectivity index (χ1v) is 8.52. The number of carbonyl (C=O) groups is 1. The molecule has 5 nitrogen and oxygen atoms in total. The van der Waals surface area contributed by atoms with Gasteiger partial charge < -0.3 is 14.2 Å². The Labute approximate surface area is 143 Å². The van der Waals surface area contributed by atoms with E-state index in [0.717, 1.165) is 48.5 Å². The van der Waals surface area contributed by atoms with Gasteiger partial charge in [-0.25, -0.2) is 4.98 Å². The van der Waals surface area contributed by atoms with E-state index in [0.29, 0.717) is 6.54 Å². The lowest BCUT2D eigenvalue weighted by atomic mass is 9.95. The number of hydrogen-bond acceptors (Lipinski definition) is 3. The van der Waals surface area contributed by atoms with Gasteiger partial charge in [-0.15, -0.1) is 0 Å². The van der Waals surface area contributed by atoms with Crippen molar-refractivity contribution in [2.75, 3.05) is 13.7 Å². The van der Waals surface area contributed by atoms with Gasteiger partial charge in [0.1, 0.15) is 12.3 Å². The molecule has 0 bridgehead atoms. The highest BCUT2D eigenvalue weighted by atomic mass is 16.5. The lowest BCUT2D eigenvalue weighted by Crippen LogP contribution is -2.40. The average Bonchev–Trinajstić information content (AvgIpc) is 2.94. The van der Waals surface area contributed by atoms with Gasteiger partial charge in [0, 0.05) is 12.2 Å². The number of aromatic nitrogens is 2. The van der Waals surface area contributed by atoms with E-state index < -0.39 is 0 Å². The molecule has 1 aromatic carbocycles. The minimum Gasteiger partial charge on any atom is -0.497 e. The quantitative estimate of drug-likeness (QED) is 0.866. The predicted octanol–water partition coefficient (Wildman–Crippen LogP) is 3.26. The maximum atomic E-state index is 12.9. The molecule has 0 radical (unpaired) electrons. The van der Waals surface area contributed by atoms with Crippen LogP contribution in [-0.2, 0) is 11.3 Å². The number of aryl methyl sites for hydroxylation is 1. The largest absolute Gasteiger partial charge is 0.497 e. The van der Waals surface area contributed by atoms with Crippen LogP contribution in [0.25, 0.3) is 0 Å². The molecule has 0 aliphatic carbocycles. The minimum absolute atomic E-state index is 0.131. The summed E-state index contributed by atoms with van der Waals surface area (Å²) < 4.78 is 7.28. The number of piperidine rings is 1. The van der Waals surface area contributed by atoms with Crippen molar-refractivity contribution in [3.63, 3.8) is 0 Å². The summed E-state index contributed by atoms with van der Waals surface area (Å²) in [6, 6.07) is 8.20. The first-order chi connectivity index (χ1) is 11.6. The number of nitrogens with zero attached hydrogens (tertiary/aromatic N) is 3. The molecule has 0 saturated carbocycles. The molecule has 1 aromatic heterocycles. The number of likely N-dealkylation sites (tertiary alicyclic amines) is 1. The van der Waals surface area contributed by atoms with Gasteiger partial charge in [-0.1, -0.05) is 12.1 Å². The highest BCUT2D eigenvalue weighted by Gasteiger charge is 2.28. The van der Waals surface area contributed by atoms with Crippen molar-refractivity contribution < 1.29 is 9.53 Å². The van der Waals surface area contributed by atoms with Crippen LogP contribution in [0, 0.1) is 13.8 Å². The normalized spacial score (nSPS) is 17.8. The zero-order chi connectivity index (χ0) is 17.1. The van der Waals surface area contributed by atoms with Crippen LogP contribution in [0.1, 0.15) is 42.3 Å². The number of ether oxygens (including phenoxy) is 1. The number of imidazole rings is 1. The fourth-order valence-electron chi connectivity index (χ4n) is 3.37. The molecule has 1 aliphatic rings. The van der Waals surface area contributed by atoms with Crippen LogP contribution in [0.15, 0.2) is 30.6 Å². The molecule has 0 N–H and O–H groups in total. The van der Waals surface area contributed by atoms with Crippen LogP contribution in [0.5, 0.6) is 5.75 Å². The molecule has 5 heteroatoms. The van der Waals surface area contributed by atoms with Gasteiger partial charge in [-0.3, -0.25) is 4.79 Å². The molecule has 1 fully saturated rings. The van der Waals surface area contributed by atoms with Gasteiger partial charge in [0.05, 0.1) is 25.2 Å². The summed E-state index contributed by atoms with van der Waals surface area (Å²) in [5.74, 6) is 0.995. The van der Waals surface area contributed by atoms with Gasteiger partial charge in [0.15, 0.2) is 0 Å². The smallest absolute Gasteiger partial charge is 0.243 e. The van der Waals surface area contributed by atoms with Gasteiger partial charge in [-0.05, 0) is 50.8 Å². The van der Waals surface area contributed by atoms with E-state index in [2.05, 4.69) is 11.1 Å². The Morgan fingerprint density at radius 1 is 1.33 bits per heavy atom. The third-order valence-electron chi connectivity index (χ3n) is 4.95. The molecule has 2 heterocycles. The zero-order valence-corrected chi connectivity index (χ0v) is 14.7. The topological polar surface area (TPSA) is 47.4 Å². The van der Waals surface area contributed by atoms with Crippen LogP contribution in [0.4, 0.5) is 0 Å². The summed E-state index contributed by atoms with van der Waals surface area (Å²) in [5.41, 5.74) is 3.19. The third-order valence-corrected chi connectivity index (χ3v) is 4.95. The summed E-state index contributed by atoms with van der Waals surface area (Å²) in [6.07, 6.45) is 4.97. The maximum Gasteiger partial charge on any atom is 0.243 e. The van der Waals surface area contributed by atoms with E-state index in [1.807, 2.05) is 41.5 Å². The Morgan fingerprint density at radius 2 is 2.17 bits per heavy atom. The van der Waals surface area contributed by atoms with Crippen LogP contribution in [-0.4, -0.2) is 34.0 Å². The van der Waals surface area contributed by atoms with Crippen molar-refractivity contribution in [1.29, 1.82) is 0 Å². The monoisotopic (exact) mass is 327 g/mol.